The van der Waals surface area contributed by atoms with Gasteiger partial charge in [-0.1, -0.05) is 18.5 Å². The van der Waals surface area contributed by atoms with Gasteiger partial charge in [0.25, 0.3) is 5.91 Å². The zero-order valence-corrected chi connectivity index (χ0v) is 15.7. The maximum Gasteiger partial charge on any atom is 0.257 e. The Morgan fingerprint density at radius 2 is 2.12 bits per heavy atom. The Kier molecular flexibility index (Phi) is 5.13. The molecule has 0 unspecified atom stereocenters. The Bertz CT molecular complexity index is 883. The Morgan fingerprint density at radius 1 is 1.35 bits per heavy atom. The van der Waals surface area contributed by atoms with Crippen molar-refractivity contribution in [2.45, 2.75) is 26.3 Å². The third-order valence-electron chi connectivity index (χ3n) is 4.28. The summed E-state index contributed by atoms with van der Waals surface area (Å²) < 4.78 is 5.43. The highest BCUT2D eigenvalue weighted by atomic mass is 35.5. The smallest absolute Gasteiger partial charge is 0.257 e. The standard InChI is InChI=1S/C19H20ClN3O3/c1-4-5-15(24)11-6-7-12(16(8-11)26-3)21-13-9-17(20)22-14-10-23(2)19(25)18(13)14/h6-9H,4-5,10H2,1-3H3,(H,21,22). The molecule has 0 radical (unpaired) electrons. The predicted molar refractivity (Wildman–Crippen MR) is 101 cm³/mol. The Balaban J connectivity index is 1.98. The number of ketones is 1. The number of aromatic nitrogens is 1. The molecule has 1 aromatic heterocycles. The zero-order valence-electron chi connectivity index (χ0n) is 14.9. The predicted octanol–water partition coefficient (Wildman–Crippen LogP) is 4.06. The molecule has 1 aliphatic rings. The zero-order chi connectivity index (χ0) is 18.8. The number of fused-ring (bicyclic) bond motifs is 1. The molecule has 0 atom stereocenters. The molecule has 1 N–H and O–H groups in total. The van der Waals surface area contributed by atoms with E-state index in [0.717, 1.165) is 6.42 Å². The molecule has 0 saturated heterocycles. The number of benzene rings is 1. The number of pyridine rings is 1. The molecule has 2 heterocycles. The number of halogens is 1. The van der Waals surface area contributed by atoms with Crippen molar-refractivity contribution in [1.82, 2.24) is 9.88 Å². The number of rotatable bonds is 6. The van der Waals surface area contributed by atoms with E-state index in [1.807, 2.05) is 6.92 Å². The van der Waals surface area contributed by atoms with E-state index in [1.165, 1.54) is 7.11 Å². The Morgan fingerprint density at radius 3 is 2.81 bits per heavy atom. The monoisotopic (exact) mass is 373 g/mol. The average molecular weight is 374 g/mol. The number of carbonyl (C=O) groups excluding carboxylic acids is 2. The SMILES string of the molecule is CCCC(=O)c1ccc(Nc2cc(Cl)nc3c2C(=O)N(C)C3)c(OC)c1. The maximum atomic E-state index is 12.4. The summed E-state index contributed by atoms with van der Waals surface area (Å²) in [5.74, 6) is 0.481. The lowest BCUT2D eigenvalue weighted by Gasteiger charge is -2.15. The molecule has 0 bridgehead atoms. The van der Waals surface area contributed by atoms with Crippen LogP contribution in [-0.4, -0.2) is 35.7 Å². The van der Waals surface area contributed by atoms with E-state index in [4.69, 9.17) is 16.3 Å². The molecule has 0 saturated carbocycles. The van der Waals surface area contributed by atoms with Crippen LogP contribution in [0.2, 0.25) is 5.15 Å². The summed E-state index contributed by atoms with van der Waals surface area (Å²) in [7, 11) is 3.26. The van der Waals surface area contributed by atoms with Gasteiger partial charge in [-0.15, -0.1) is 0 Å². The van der Waals surface area contributed by atoms with Gasteiger partial charge in [-0.05, 0) is 30.7 Å². The number of carbonyl (C=O) groups is 2. The summed E-state index contributed by atoms with van der Waals surface area (Å²) in [6.45, 7) is 2.39. The minimum absolute atomic E-state index is 0.0713. The first-order valence-corrected chi connectivity index (χ1v) is 8.75. The van der Waals surface area contributed by atoms with E-state index in [-0.39, 0.29) is 11.7 Å². The van der Waals surface area contributed by atoms with Crippen LogP contribution < -0.4 is 10.1 Å². The van der Waals surface area contributed by atoms with Crippen molar-refractivity contribution in [2.75, 3.05) is 19.5 Å². The second-order valence-electron chi connectivity index (χ2n) is 6.19. The van der Waals surface area contributed by atoms with Crippen molar-refractivity contribution in [3.8, 4) is 5.75 Å². The molecule has 1 amide bonds. The van der Waals surface area contributed by atoms with E-state index < -0.39 is 0 Å². The van der Waals surface area contributed by atoms with E-state index in [1.54, 1.807) is 36.2 Å². The Hall–Kier alpha value is -2.60. The summed E-state index contributed by atoms with van der Waals surface area (Å²) in [5.41, 5.74) is 2.96. The average Bonchev–Trinajstić information content (AvgIpc) is 2.89. The lowest BCUT2D eigenvalue weighted by molar-refractivity contribution is 0.0816. The lowest BCUT2D eigenvalue weighted by atomic mass is 10.1. The summed E-state index contributed by atoms with van der Waals surface area (Å²) in [5, 5.41) is 3.51. The van der Waals surface area contributed by atoms with Crippen LogP contribution in [0.3, 0.4) is 0 Å². The number of amides is 1. The number of anilines is 2. The summed E-state index contributed by atoms with van der Waals surface area (Å²) in [6, 6.07) is 6.84. The van der Waals surface area contributed by atoms with E-state index in [0.29, 0.717) is 52.1 Å². The van der Waals surface area contributed by atoms with Crippen LogP contribution in [0.4, 0.5) is 11.4 Å². The van der Waals surface area contributed by atoms with E-state index in [2.05, 4.69) is 10.3 Å². The Labute approximate surface area is 157 Å². The largest absolute Gasteiger partial charge is 0.495 e. The van der Waals surface area contributed by atoms with Gasteiger partial charge in [0.1, 0.15) is 10.9 Å². The fourth-order valence-corrected chi connectivity index (χ4v) is 3.20. The first-order valence-electron chi connectivity index (χ1n) is 8.37. The number of methoxy groups -OCH3 is 1. The highest BCUT2D eigenvalue weighted by Crippen LogP contribution is 2.35. The number of nitrogens with one attached hydrogen (secondary N) is 1. The molecule has 0 fully saturated rings. The van der Waals surface area contributed by atoms with Gasteiger partial charge in [0.15, 0.2) is 5.78 Å². The number of nitrogens with zero attached hydrogens (tertiary/aromatic N) is 2. The van der Waals surface area contributed by atoms with Gasteiger partial charge in [0.2, 0.25) is 0 Å². The minimum Gasteiger partial charge on any atom is -0.495 e. The highest BCUT2D eigenvalue weighted by Gasteiger charge is 2.30. The number of hydrogen-bond acceptors (Lipinski definition) is 5. The van der Waals surface area contributed by atoms with Crippen LogP contribution >= 0.6 is 11.6 Å². The molecule has 1 aromatic carbocycles. The molecule has 2 aromatic rings. The fourth-order valence-electron chi connectivity index (χ4n) is 2.99. The van der Waals surface area contributed by atoms with Crippen molar-refractivity contribution in [3.05, 3.63) is 46.2 Å². The normalized spacial score (nSPS) is 12.9. The molecular formula is C19H20ClN3O3. The van der Waals surface area contributed by atoms with Crippen molar-refractivity contribution < 1.29 is 14.3 Å². The summed E-state index contributed by atoms with van der Waals surface area (Å²) in [6.07, 6.45) is 1.28. The molecule has 1 aliphatic heterocycles. The highest BCUT2D eigenvalue weighted by molar-refractivity contribution is 6.30. The van der Waals surface area contributed by atoms with Crippen LogP contribution in [0.5, 0.6) is 5.75 Å². The van der Waals surface area contributed by atoms with Crippen molar-refractivity contribution in [1.29, 1.82) is 0 Å². The topological polar surface area (TPSA) is 71.5 Å². The molecule has 7 heteroatoms. The van der Waals surface area contributed by atoms with Gasteiger partial charge in [-0.2, -0.15) is 0 Å². The van der Waals surface area contributed by atoms with Crippen LogP contribution in [0.1, 0.15) is 46.2 Å². The van der Waals surface area contributed by atoms with Crippen molar-refractivity contribution in [3.63, 3.8) is 0 Å². The molecule has 0 spiro atoms. The second-order valence-corrected chi connectivity index (χ2v) is 6.58. The quantitative estimate of drug-likeness (QED) is 0.610. The number of ether oxygens (including phenoxy) is 1. The maximum absolute atomic E-state index is 12.4. The van der Waals surface area contributed by atoms with Crippen molar-refractivity contribution in [2.24, 2.45) is 0 Å². The van der Waals surface area contributed by atoms with E-state index in [9.17, 15) is 9.59 Å². The van der Waals surface area contributed by atoms with Gasteiger partial charge < -0.3 is 15.0 Å². The van der Waals surface area contributed by atoms with Crippen LogP contribution in [0, 0.1) is 0 Å². The lowest BCUT2D eigenvalue weighted by Crippen LogP contribution is -2.18. The van der Waals surface area contributed by atoms with Gasteiger partial charge in [0, 0.05) is 19.0 Å². The first kappa shape index (κ1) is 18.2. The summed E-state index contributed by atoms with van der Waals surface area (Å²) in [4.78, 5) is 30.4. The minimum atomic E-state index is -0.111. The van der Waals surface area contributed by atoms with Gasteiger partial charge in [0.05, 0.1) is 36.3 Å². The van der Waals surface area contributed by atoms with Gasteiger partial charge in [-0.25, -0.2) is 4.98 Å². The van der Waals surface area contributed by atoms with Crippen LogP contribution in [-0.2, 0) is 6.54 Å². The molecule has 26 heavy (non-hydrogen) atoms. The second kappa shape index (κ2) is 7.33. The van der Waals surface area contributed by atoms with Gasteiger partial charge in [-0.3, -0.25) is 9.59 Å². The molecule has 136 valence electrons. The van der Waals surface area contributed by atoms with Crippen LogP contribution in [0.15, 0.2) is 24.3 Å². The van der Waals surface area contributed by atoms with E-state index >= 15 is 0 Å². The molecule has 3 rings (SSSR count). The molecule has 6 nitrogen and oxygen atoms in total. The first-order chi connectivity index (χ1) is 12.4. The van der Waals surface area contributed by atoms with Crippen molar-refractivity contribution >= 4 is 34.7 Å². The van der Waals surface area contributed by atoms with Crippen LogP contribution in [0.25, 0.3) is 0 Å². The molecule has 0 aliphatic carbocycles. The number of Topliss-reactive ketones (excluding diaryl/α,β-unsaturated/α-hetero) is 1. The molecular weight excluding hydrogens is 354 g/mol. The summed E-state index contributed by atoms with van der Waals surface area (Å²) >= 11 is 6.11. The fraction of sp³-hybridized carbons (Fsp3) is 0.316. The van der Waals surface area contributed by atoms with Gasteiger partial charge >= 0.3 is 0 Å². The number of hydrogen-bond donors (Lipinski definition) is 1. The third-order valence-corrected chi connectivity index (χ3v) is 4.47. The third kappa shape index (κ3) is 3.37.